The number of benzene rings is 1. The van der Waals surface area contributed by atoms with Crippen molar-refractivity contribution in [2.24, 2.45) is 0 Å². The second-order valence-electron chi connectivity index (χ2n) is 5.07. The molecule has 0 aliphatic carbocycles. The third-order valence-corrected chi connectivity index (χ3v) is 3.85. The van der Waals surface area contributed by atoms with E-state index in [4.69, 9.17) is 4.74 Å². The fourth-order valence-corrected chi connectivity index (χ4v) is 2.75. The molecular weight excluding hydrogens is 238 g/mol. The molecule has 0 spiro atoms. The van der Waals surface area contributed by atoms with Crippen LogP contribution in [0.3, 0.4) is 0 Å². The Morgan fingerprint density at radius 3 is 2.84 bits per heavy atom. The van der Waals surface area contributed by atoms with Crippen LogP contribution in [0.5, 0.6) is 0 Å². The molecule has 1 unspecified atom stereocenters. The van der Waals surface area contributed by atoms with Crippen LogP contribution in [0.25, 0.3) is 0 Å². The van der Waals surface area contributed by atoms with E-state index >= 15 is 0 Å². The van der Waals surface area contributed by atoms with Crippen LogP contribution in [0.4, 0.5) is 0 Å². The molecule has 0 aromatic heterocycles. The molecule has 0 radical (unpaired) electrons. The van der Waals surface area contributed by atoms with Crippen LogP contribution < -0.4 is 0 Å². The summed E-state index contributed by atoms with van der Waals surface area (Å²) in [4.78, 5) is 14.3. The smallest absolute Gasteiger partial charge is 0.338 e. The van der Waals surface area contributed by atoms with Crippen LogP contribution in [0.15, 0.2) is 30.3 Å². The summed E-state index contributed by atoms with van der Waals surface area (Å²) in [7, 11) is 0. The monoisotopic (exact) mass is 261 g/mol. The fourth-order valence-electron chi connectivity index (χ4n) is 2.75. The Bertz CT molecular complexity index is 391. The standard InChI is InChI=1S/C16H23NO2/c1-2-17-12-7-6-10-15(17)11-13-19-16(18)14-8-4-3-5-9-14/h3-5,8-9,15H,2,6-7,10-13H2,1H3. The minimum absolute atomic E-state index is 0.209. The highest BCUT2D eigenvalue weighted by Crippen LogP contribution is 2.19. The van der Waals surface area contributed by atoms with Crippen molar-refractivity contribution in [1.29, 1.82) is 0 Å². The van der Waals surface area contributed by atoms with Crippen LogP contribution >= 0.6 is 0 Å². The minimum atomic E-state index is -0.209. The first-order valence-electron chi connectivity index (χ1n) is 7.27. The first kappa shape index (κ1) is 14.1. The van der Waals surface area contributed by atoms with Gasteiger partial charge in [0.15, 0.2) is 0 Å². The minimum Gasteiger partial charge on any atom is -0.462 e. The van der Waals surface area contributed by atoms with Crippen LogP contribution in [0.2, 0.25) is 0 Å². The molecule has 1 aliphatic heterocycles. The number of carbonyl (C=O) groups excluding carboxylic acids is 1. The molecule has 1 aromatic rings. The van der Waals surface area contributed by atoms with Crippen molar-refractivity contribution in [2.45, 2.75) is 38.6 Å². The van der Waals surface area contributed by atoms with Crippen LogP contribution in [-0.2, 0) is 4.74 Å². The molecule has 3 nitrogen and oxygen atoms in total. The average molecular weight is 261 g/mol. The van der Waals surface area contributed by atoms with Gasteiger partial charge in [0, 0.05) is 6.04 Å². The van der Waals surface area contributed by atoms with Crippen molar-refractivity contribution in [2.75, 3.05) is 19.7 Å². The van der Waals surface area contributed by atoms with Gasteiger partial charge >= 0.3 is 5.97 Å². The van der Waals surface area contributed by atoms with Crippen LogP contribution in [-0.4, -0.2) is 36.6 Å². The highest BCUT2D eigenvalue weighted by Gasteiger charge is 2.20. The predicted octanol–water partition coefficient (Wildman–Crippen LogP) is 3.11. The summed E-state index contributed by atoms with van der Waals surface area (Å²) in [5, 5.41) is 0. The summed E-state index contributed by atoms with van der Waals surface area (Å²) in [6.07, 6.45) is 4.78. The molecule has 3 heteroatoms. The maximum Gasteiger partial charge on any atom is 0.338 e. The molecule has 104 valence electrons. The highest BCUT2D eigenvalue weighted by molar-refractivity contribution is 5.89. The molecule has 1 fully saturated rings. The Morgan fingerprint density at radius 1 is 1.32 bits per heavy atom. The normalized spacial score (nSPS) is 20.2. The van der Waals surface area contributed by atoms with Gasteiger partial charge in [0.1, 0.15) is 0 Å². The van der Waals surface area contributed by atoms with E-state index in [1.807, 2.05) is 18.2 Å². The topological polar surface area (TPSA) is 29.5 Å². The maximum atomic E-state index is 11.8. The van der Waals surface area contributed by atoms with Gasteiger partial charge in [0.25, 0.3) is 0 Å². The van der Waals surface area contributed by atoms with Crippen molar-refractivity contribution in [1.82, 2.24) is 4.90 Å². The molecular formula is C16H23NO2. The van der Waals surface area contributed by atoms with Crippen molar-refractivity contribution < 1.29 is 9.53 Å². The zero-order valence-corrected chi connectivity index (χ0v) is 11.7. The third-order valence-electron chi connectivity index (χ3n) is 3.85. The number of nitrogens with zero attached hydrogens (tertiary/aromatic N) is 1. The summed E-state index contributed by atoms with van der Waals surface area (Å²) >= 11 is 0. The van der Waals surface area contributed by atoms with Gasteiger partial charge < -0.3 is 9.64 Å². The Hall–Kier alpha value is -1.35. The quantitative estimate of drug-likeness (QED) is 0.763. The Morgan fingerprint density at radius 2 is 2.11 bits per heavy atom. The Balaban J connectivity index is 1.75. The zero-order chi connectivity index (χ0) is 13.5. The number of ether oxygens (including phenoxy) is 1. The molecule has 0 N–H and O–H groups in total. The molecule has 1 aliphatic rings. The lowest BCUT2D eigenvalue weighted by molar-refractivity contribution is 0.0437. The van der Waals surface area contributed by atoms with Gasteiger partial charge in [-0.3, -0.25) is 0 Å². The van der Waals surface area contributed by atoms with E-state index in [0.29, 0.717) is 18.2 Å². The Labute approximate surface area is 115 Å². The van der Waals surface area contributed by atoms with E-state index in [-0.39, 0.29) is 5.97 Å². The second-order valence-corrected chi connectivity index (χ2v) is 5.07. The van der Waals surface area contributed by atoms with Crippen molar-refractivity contribution in [3.05, 3.63) is 35.9 Å². The summed E-state index contributed by atoms with van der Waals surface area (Å²) in [5.41, 5.74) is 0.637. The van der Waals surface area contributed by atoms with Crippen molar-refractivity contribution in [3.63, 3.8) is 0 Å². The lowest BCUT2D eigenvalue weighted by atomic mass is 10.00. The highest BCUT2D eigenvalue weighted by atomic mass is 16.5. The maximum absolute atomic E-state index is 11.8. The molecule has 1 saturated heterocycles. The molecule has 1 aromatic carbocycles. The lowest BCUT2D eigenvalue weighted by Gasteiger charge is -2.34. The van der Waals surface area contributed by atoms with Gasteiger partial charge in [-0.1, -0.05) is 31.5 Å². The average Bonchev–Trinajstić information content (AvgIpc) is 2.48. The molecule has 19 heavy (non-hydrogen) atoms. The zero-order valence-electron chi connectivity index (χ0n) is 11.7. The summed E-state index contributed by atoms with van der Waals surface area (Å²) in [6, 6.07) is 9.79. The van der Waals surface area contributed by atoms with Gasteiger partial charge in [0.2, 0.25) is 0 Å². The molecule has 1 atom stereocenters. The Kier molecular flexibility index (Phi) is 5.40. The first-order chi connectivity index (χ1) is 9.31. The van der Waals surface area contributed by atoms with Gasteiger partial charge in [0.05, 0.1) is 12.2 Å². The summed E-state index contributed by atoms with van der Waals surface area (Å²) in [5.74, 6) is -0.209. The SMILES string of the molecule is CCN1CCCCC1CCOC(=O)c1ccccc1. The van der Waals surface area contributed by atoms with Gasteiger partial charge in [-0.2, -0.15) is 0 Å². The van der Waals surface area contributed by atoms with Crippen molar-refractivity contribution in [3.8, 4) is 0 Å². The number of hydrogen-bond acceptors (Lipinski definition) is 3. The summed E-state index contributed by atoms with van der Waals surface area (Å²) < 4.78 is 5.36. The summed E-state index contributed by atoms with van der Waals surface area (Å²) in [6.45, 7) is 5.01. The molecule has 2 rings (SSSR count). The molecule has 0 bridgehead atoms. The van der Waals surface area contributed by atoms with E-state index < -0.39 is 0 Å². The van der Waals surface area contributed by atoms with Crippen LogP contribution in [0.1, 0.15) is 43.0 Å². The predicted molar refractivity (Wildman–Crippen MR) is 76.2 cm³/mol. The number of rotatable bonds is 5. The fraction of sp³-hybridized carbons (Fsp3) is 0.562. The number of esters is 1. The van der Waals surface area contributed by atoms with Gasteiger partial charge in [-0.05, 0) is 44.5 Å². The van der Waals surface area contributed by atoms with Gasteiger partial charge in [-0.15, -0.1) is 0 Å². The number of piperidine rings is 1. The van der Waals surface area contributed by atoms with E-state index in [2.05, 4.69) is 11.8 Å². The number of hydrogen-bond donors (Lipinski definition) is 0. The number of carbonyl (C=O) groups is 1. The van der Waals surface area contributed by atoms with Gasteiger partial charge in [-0.25, -0.2) is 4.79 Å². The molecule has 1 heterocycles. The first-order valence-corrected chi connectivity index (χ1v) is 7.27. The molecule has 0 amide bonds. The van der Waals surface area contributed by atoms with E-state index in [9.17, 15) is 4.79 Å². The lowest BCUT2D eigenvalue weighted by Crippen LogP contribution is -2.40. The second kappa shape index (κ2) is 7.29. The van der Waals surface area contributed by atoms with E-state index in [1.54, 1.807) is 12.1 Å². The third kappa shape index (κ3) is 4.06. The van der Waals surface area contributed by atoms with E-state index in [0.717, 1.165) is 13.0 Å². The number of likely N-dealkylation sites (tertiary alicyclic amines) is 1. The largest absolute Gasteiger partial charge is 0.462 e. The molecule has 0 saturated carbocycles. The van der Waals surface area contributed by atoms with Crippen LogP contribution in [0, 0.1) is 0 Å². The van der Waals surface area contributed by atoms with Crippen molar-refractivity contribution >= 4 is 5.97 Å². The van der Waals surface area contributed by atoms with E-state index in [1.165, 1.54) is 25.8 Å².